The Kier molecular flexibility index (Phi) is 7.01. The quantitative estimate of drug-likeness (QED) is 0.721. The van der Waals surface area contributed by atoms with Crippen molar-refractivity contribution in [3.63, 3.8) is 0 Å². The van der Waals surface area contributed by atoms with Crippen LogP contribution in [0.25, 0.3) is 0 Å². The number of H-pyrrole nitrogens is 1. The van der Waals surface area contributed by atoms with Gasteiger partial charge in [-0.2, -0.15) is 0 Å². The highest BCUT2D eigenvalue weighted by Gasteiger charge is 2.03. The summed E-state index contributed by atoms with van der Waals surface area (Å²) in [5, 5.41) is 3.18. The Bertz CT molecular complexity index is 403. The van der Waals surface area contributed by atoms with Crippen molar-refractivity contribution in [1.82, 2.24) is 9.97 Å². The van der Waals surface area contributed by atoms with Crippen molar-refractivity contribution in [2.45, 2.75) is 46.0 Å². The number of aromatic amines is 1. The highest BCUT2D eigenvalue weighted by Crippen LogP contribution is 2.14. The third-order valence-corrected chi connectivity index (χ3v) is 3.53. The number of hydrogen-bond acceptors (Lipinski definition) is 3. The summed E-state index contributed by atoms with van der Waals surface area (Å²) in [6, 6.07) is 0. The summed E-state index contributed by atoms with van der Waals surface area (Å²) in [5.41, 5.74) is -0.149. The molecule has 1 aromatic rings. The minimum Gasteiger partial charge on any atom is -0.369 e. The standard InChI is InChI=1S/C13H22BrN3O/c1-10(2)7-5-3-4-6-8-15-12-11(14)13(18)17-9-16-12/h9-10H,3-8H2,1-2H3,(H2,15,16,17,18). The third kappa shape index (κ3) is 5.67. The summed E-state index contributed by atoms with van der Waals surface area (Å²) in [5.74, 6) is 1.43. The zero-order valence-corrected chi connectivity index (χ0v) is 12.7. The Labute approximate surface area is 117 Å². The first-order valence-corrected chi connectivity index (χ1v) is 7.37. The van der Waals surface area contributed by atoms with E-state index in [1.54, 1.807) is 0 Å². The molecule has 0 amide bonds. The molecule has 1 aromatic heterocycles. The summed E-state index contributed by atoms with van der Waals surface area (Å²) in [7, 11) is 0. The van der Waals surface area contributed by atoms with Crippen LogP contribution in [-0.2, 0) is 0 Å². The van der Waals surface area contributed by atoms with Gasteiger partial charge in [-0.05, 0) is 28.3 Å². The van der Waals surface area contributed by atoms with Crippen molar-refractivity contribution in [3.8, 4) is 0 Å². The van der Waals surface area contributed by atoms with Gasteiger partial charge >= 0.3 is 0 Å². The molecule has 0 unspecified atom stereocenters. The van der Waals surface area contributed by atoms with Gasteiger partial charge in [0.05, 0.1) is 6.33 Å². The number of rotatable bonds is 8. The van der Waals surface area contributed by atoms with Gasteiger partial charge in [0.1, 0.15) is 10.3 Å². The van der Waals surface area contributed by atoms with E-state index in [2.05, 4.69) is 45.1 Å². The van der Waals surface area contributed by atoms with Crippen molar-refractivity contribution < 1.29 is 0 Å². The van der Waals surface area contributed by atoms with Crippen molar-refractivity contribution in [2.24, 2.45) is 5.92 Å². The van der Waals surface area contributed by atoms with Gasteiger partial charge in [0.2, 0.25) is 0 Å². The maximum Gasteiger partial charge on any atom is 0.267 e. The maximum absolute atomic E-state index is 11.3. The molecule has 0 aliphatic heterocycles. The Morgan fingerprint density at radius 2 is 2.06 bits per heavy atom. The summed E-state index contributed by atoms with van der Waals surface area (Å²) >= 11 is 3.22. The fourth-order valence-electron chi connectivity index (χ4n) is 1.74. The van der Waals surface area contributed by atoms with Gasteiger partial charge in [-0.3, -0.25) is 4.79 Å². The summed E-state index contributed by atoms with van der Waals surface area (Å²) in [6.45, 7) is 5.38. The predicted octanol–water partition coefficient (Wildman–Crippen LogP) is 3.55. The third-order valence-electron chi connectivity index (χ3n) is 2.80. The second-order valence-corrected chi connectivity index (χ2v) is 5.71. The van der Waals surface area contributed by atoms with Crippen LogP contribution >= 0.6 is 15.9 Å². The Morgan fingerprint density at radius 1 is 1.33 bits per heavy atom. The second kappa shape index (κ2) is 8.29. The molecule has 5 heteroatoms. The van der Waals surface area contributed by atoms with Crippen LogP contribution in [0.4, 0.5) is 5.82 Å². The fraction of sp³-hybridized carbons (Fsp3) is 0.692. The first-order valence-electron chi connectivity index (χ1n) is 6.58. The number of nitrogens with zero attached hydrogens (tertiary/aromatic N) is 1. The fourth-order valence-corrected chi connectivity index (χ4v) is 2.10. The number of aromatic nitrogens is 2. The minimum absolute atomic E-state index is 0.149. The van der Waals surface area contributed by atoms with Crippen molar-refractivity contribution in [1.29, 1.82) is 0 Å². The molecule has 0 aliphatic rings. The zero-order valence-electron chi connectivity index (χ0n) is 11.1. The van der Waals surface area contributed by atoms with Gasteiger partial charge in [0.15, 0.2) is 0 Å². The normalized spacial score (nSPS) is 10.9. The average Bonchev–Trinajstić information content (AvgIpc) is 2.32. The summed E-state index contributed by atoms with van der Waals surface area (Å²) in [6.07, 6.45) is 7.65. The molecular formula is C13H22BrN3O. The molecule has 1 heterocycles. The van der Waals surface area contributed by atoms with Crippen LogP contribution in [0.3, 0.4) is 0 Å². The lowest BCUT2D eigenvalue weighted by Gasteiger charge is -2.07. The van der Waals surface area contributed by atoms with Gasteiger partial charge in [-0.25, -0.2) is 4.98 Å². The molecule has 102 valence electrons. The molecular weight excluding hydrogens is 294 g/mol. The summed E-state index contributed by atoms with van der Waals surface area (Å²) in [4.78, 5) is 17.9. The van der Waals surface area contributed by atoms with Gasteiger partial charge in [0, 0.05) is 6.54 Å². The molecule has 0 bridgehead atoms. The molecule has 0 aliphatic carbocycles. The lowest BCUT2D eigenvalue weighted by Crippen LogP contribution is -2.12. The molecule has 2 N–H and O–H groups in total. The van der Waals surface area contributed by atoms with Crippen LogP contribution in [0.2, 0.25) is 0 Å². The van der Waals surface area contributed by atoms with E-state index in [1.165, 1.54) is 32.0 Å². The van der Waals surface area contributed by atoms with Crippen LogP contribution < -0.4 is 10.9 Å². The molecule has 0 saturated carbocycles. The van der Waals surface area contributed by atoms with Crippen LogP contribution in [0.5, 0.6) is 0 Å². The predicted molar refractivity (Wildman–Crippen MR) is 79.0 cm³/mol. The zero-order chi connectivity index (χ0) is 13.4. The Balaban J connectivity index is 2.15. The van der Waals surface area contributed by atoms with Crippen LogP contribution in [0, 0.1) is 5.92 Å². The number of unbranched alkanes of at least 4 members (excludes halogenated alkanes) is 3. The van der Waals surface area contributed by atoms with Gasteiger partial charge in [-0.1, -0.05) is 39.5 Å². The maximum atomic E-state index is 11.3. The molecule has 0 atom stereocenters. The molecule has 0 saturated heterocycles. The highest BCUT2D eigenvalue weighted by atomic mass is 79.9. The van der Waals surface area contributed by atoms with Crippen LogP contribution in [0.1, 0.15) is 46.0 Å². The lowest BCUT2D eigenvalue weighted by molar-refractivity contribution is 0.523. The first-order chi connectivity index (χ1) is 8.61. The van der Waals surface area contributed by atoms with Crippen molar-refractivity contribution in [3.05, 3.63) is 21.2 Å². The first kappa shape index (κ1) is 15.2. The molecule has 4 nitrogen and oxygen atoms in total. The number of halogens is 1. The van der Waals surface area contributed by atoms with Crippen LogP contribution in [0.15, 0.2) is 15.6 Å². The van der Waals surface area contributed by atoms with E-state index >= 15 is 0 Å². The lowest BCUT2D eigenvalue weighted by atomic mass is 10.0. The van der Waals surface area contributed by atoms with Gasteiger partial charge in [0.25, 0.3) is 5.56 Å². The second-order valence-electron chi connectivity index (χ2n) is 4.92. The van der Waals surface area contributed by atoms with Gasteiger partial charge in [-0.15, -0.1) is 0 Å². The topological polar surface area (TPSA) is 57.8 Å². The Hall–Kier alpha value is -0.840. The van der Waals surface area contributed by atoms with Crippen LogP contribution in [-0.4, -0.2) is 16.5 Å². The number of anilines is 1. The largest absolute Gasteiger partial charge is 0.369 e. The highest BCUT2D eigenvalue weighted by molar-refractivity contribution is 9.10. The Morgan fingerprint density at radius 3 is 2.78 bits per heavy atom. The molecule has 18 heavy (non-hydrogen) atoms. The minimum atomic E-state index is -0.149. The van der Waals surface area contributed by atoms with E-state index in [9.17, 15) is 4.79 Å². The number of hydrogen-bond donors (Lipinski definition) is 2. The van der Waals surface area contributed by atoms with E-state index in [0.717, 1.165) is 18.9 Å². The smallest absolute Gasteiger partial charge is 0.267 e. The number of nitrogens with one attached hydrogen (secondary N) is 2. The molecule has 0 aromatic carbocycles. The van der Waals surface area contributed by atoms with E-state index in [-0.39, 0.29) is 5.56 Å². The van der Waals surface area contributed by atoms with Gasteiger partial charge < -0.3 is 10.3 Å². The van der Waals surface area contributed by atoms with E-state index < -0.39 is 0 Å². The molecule has 0 radical (unpaired) electrons. The summed E-state index contributed by atoms with van der Waals surface area (Å²) < 4.78 is 0.477. The SMILES string of the molecule is CC(C)CCCCCCNc1nc[nH]c(=O)c1Br. The molecule has 0 spiro atoms. The average molecular weight is 316 g/mol. The molecule has 0 fully saturated rings. The van der Waals surface area contributed by atoms with Crippen molar-refractivity contribution in [2.75, 3.05) is 11.9 Å². The monoisotopic (exact) mass is 315 g/mol. The van der Waals surface area contributed by atoms with E-state index in [0.29, 0.717) is 10.3 Å². The molecule has 1 rings (SSSR count). The van der Waals surface area contributed by atoms with Crippen molar-refractivity contribution >= 4 is 21.7 Å². The van der Waals surface area contributed by atoms with E-state index in [4.69, 9.17) is 0 Å². The van der Waals surface area contributed by atoms with E-state index in [1.807, 2.05) is 0 Å².